The maximum Gasteiger partial charge on any atom is 0.509 e. The SMILES string of the molecule is F[B-](F)(F)c1cccc(-c2ccccc2)c1. The first-order valence-electron chi connectivity index (χ1n) is 4.93. The lowest BCUT2D eigenvalue weighted by molar-refractivity contribution is 0.501. The lowest BCUT2D eigenvalue weighted by Crippen LogP contribution is -2.33. The van der Waals surface area contributed by atoms with Crippen LogP contribution in [0.15, 0.2) is 54.6 Å². The highest BCUT2D eigenvalue weighted by Gasteiger charge is 2.25. The molecule has 0 unspecified atom stereocenters. The quantitative estimate of drug-likeness (QED) is 0.681. The van der Waals surface area contributed by atoms with E-state index in [0.29, 0.717) is 5.56 Å². The third-order valence-corrected chi connectivity index (χ3v) is 2.37. The summed E-state index contributed by atoms with van der Waals surface area (Å²) in [6.45, 7) is -4.92. The van der Waals surface area contributed by atoms with Crippen LogP contribution in [-0.2, 0) is 0 Å². The Morgan fingerprint density at radius 3 is 1.94 bits per heavy atom. The van der Waals surface area contributed by atoms with Crippen LogP contribution in [0.2, 0.25) is 0 Å². The van der Waals surface area contributed by atoms with E-state index in [9.17, 15) is 12.9 Å². The van der Waals surface area contributed by atoms with E-state index in [1.807, 2.05) is 6.07 Å². The molecule has 16 heavy (non-hydrogen) atoms. The molecule has 0 fully saturated rings. The first-order valence-corrected chi connectivity index (χ1v) is 4.93. The molecular weight excluding hydrogens is 212 g/mol. The highest BCUT2D eigenvalue weighted by molar-refractivity contribution is 6.73. The summed E-state index contributed by atoms with van der Waals surface area (Å²) in [6, 6.07) is 14.4. The predicted molar refractivity (Wildman–Crippen MR) is 60.6 cm³/mol. The minimum Gasteiger partial charge on any atom is -0.445 e. The van der Waals surface area contributed by atoms with Gasteiger partial charge >= 0.3 is 6.98 Å². The van der Waals surface area contributed by atoms with Gasteiger partial charge in [-0.2, -0.15) is 0 Å². The summed E-state index contributed by atoms with van der Waals surface area (Å²) in [6.07, 6.45) is 0. The Hall–Kier alpha value is -1.71. The molecule has 0 saturated carbocycles. The predicted octanol–water partition coefficient (Wildman–Crippen LogP) is 3.41. The van der Waals surface area contributed by atoms with E-state index in [0.717, 1.165) is 11.6 Å². The summed E-state index contributed by atoms with van der Waals surface area (Å²) in [4.78, 5) is 0. The molecule has 0 N–H and O–H groups in total. The molecule has 82 valence electrons. The molecule has 4 heteroatoms. The Kier molecular flexibility index (Phi) is 2.73. The van der Waals surface area contributed by atoms with Crippen molar-refractivity contribution >= 4 is 12.4 Å². The van der Waals surface area contributed by atoms with Crippen LogP contribution in [-0.4, -0.2) is 6.98 Å². The van der Waals surface area contributed by atoms with Gasteiger partial charge in [0.05, 0.1) is 0 Å². The topological polar surface area (TPSA) is 0 Å². The third-order valence-electron chi connectivity index (χ3n) is 2.37. The molecular formula is C12H9BF3-. The van der Waals surface area contributed by atoms with Crippen molar-refractivity contribution in [1.82, 2.24) is 0 Å². The molecule has 0 heterocycles. The van der Waals surface area contributed by atoms with Crippen LogP contribution in [0.5, 0.6) is 0 Å². The summed E-state index contributed by atoms with van der Waals surface area (Å²) in [5.41, 5.74) is 0.836. The number of benzene rings is 2. The number of hydrogen-bond donors (Lipinski definition) is 0. The van der Waals surface area contributed by atoms with Crippen molar-refractivity contribution in [2.24, 2.45) is 0 Å². The molecule has 2 aromatic rings. The summed E-state index contributed by atoms with van der Waals surface area (Å²) in [5.74, 6) is 0. The van der Waals surface area contributed by atoms with E-state index in [1.54, 1.807) is 30.3 Å². The first-order chi connectivity index (χ1) is 7.57. The van der Waals surface area contributed by atoms with Gasteiger partial charge in [-0.1, -0.05) is 54.6 Å². The largest absolute Gasteiger partial charge is 0.509 e. The maximum absolute atomic E-state index is 12.5. The lowest BCUT2D eigenvalue weighted by Gasteiger charge is -2.15. The fourth-order valence-electron chi connectivity index (χ4n) is 1.55. The van der Waals surface area contributed by atoms with Gasteiger partial charge < -0.3 is 12.9 Å². The van der Waals surface area contributed by atoms with E-state index >= 15 is 0 Å². The summed E-state index contributed by atoms with van der Waals surface area (Å²) >= 11 is 0. The zero-order chi connectivity index (χ0) is 11.6. The Bertz CT molecular complexity index is 477. The van der Waals surface area contributed by atoms with E-state index < -0.39 is 12.4 Å². The number of hydrogen-bond acceptors (Lipinski definition) is 0. The van der Waals surface area contributed by atoms with Crippen molar-refractivity contribution in [2.45, 2.75) is 0 Å². The first kappa shape index (κ1) is 10.8. The zero-order valence-electron chi connectivity index (χ0n) is 8.41. The molecule has 0 aliphatic carbocycles. The molecule has 0 bridgehead atoms. The van der Waals surface area contributed by atoms with Gasteiger partial charge in [-0.15, -0.1) is 5.46 Å². The average Bonchev–Trinajstić information content (AvgIpc) is 2.29. The normalized spacial score (nSPS) is 11.4. The van der Waals surface area contributed by atoms with Crippen LogP contribution in [0, 0.1) is 0 Å². The number of rotatable bonds is 2. The standard InChI is InChI=1S/C12H9BF3/c14-13(15,16)12-8-4-7-11(9-12)10-5-2-1-3-6-10/h1-9H/q-1. The van der Waals surface area contributed by atoms with Gasteiger partial charge in [-0.05, 0) is 11.1 Å². The minimum atomic E-state index is -4.92. The Labute approximate surface area is 91.8 Å². The third kappa shape index (κ3) is 2.27. The second-order valence-corrected chi connectivity index (χ2v) is 3.57. The molecule has 0 atom stereocenters. The maximum atomic E-state index is 12.5. The van der Waals surface area contributed by atoms with Crippen molar-refractivity contribution in [2.75, 3.05) is 0 Å². The van der Waals surface area contributed by atoms with E-state index in [-0.39, 0.29) is 0 Å². The van der Waals surface area contributed by atoms with Crippen LogP contribution in [0.1, 0.15) is 0 Å². The number of halogens is 3. The fourth-order valence-corrected chi connectivity index (χ4v) is 1.55. The second-order valence-electron chi connectivity index (χ2n) is 3.57. The van der Waals surface area contributed by atoms with Gasteiger partial charge in [0.2, 0.25) is 0 Å². The van der Waals surface area contributed by atoms with Crippen molar-refractivity contribution in [3.8, 4) is 11.1 Å². The molecule has 0 saturated heterocycles. The molecule has 0 amide bonds. The van der Waals surface area contributed by atoms with Gasteiger partial charge in [-0.3, -0.25) is 0 Å². The Balaban J connectivity index is 2.45. The van der Waals surface area contributed by atoms with Crippen LogP contribution in [0.25, 0.3) is 11.1 Å². The highest BCUT2D eigenvalue weighted by Crippen LogP contribution is 2.19. The van der Waals surface area contributed by atoms with Crippen LogP contribution < -0.4 is 5.46 Å². The smallest absolute Gasteiger partial charge is 0.445 e. The van der Waals surface area contributed by atoms with Gasteiger partial charge in [-0.25, -0.2) is 0 Å². The van der Waals surface area contributed by atoms with Gasteiger partial charge in [0.15, 0.2) is 0 Å². The van der Waals surface area contributed by atoms with Crippen molar-refractivity contribution in [3.63, 3.8) is 0 Å². The monoisotopic (exact) mass is 221 g/mol. The molecule has 0 aliphatic heterocycles. The fraction of sp³-hybridized carbons (Fsp3) is 0. The molecule has 0 nitrogen and oxygen atoms in total. The summed E-state index contributed by atoms with van der Waals surface area (Å²) in [7, 11) is 0. The van der Waals surface area contributed by atoms with Crippen LogP contribution >= 0.6 is 0 Å². The molecule has 0 aromatic heterocycles. The molecule has 2 aromatic carbocycles. The molecule has 0 spiro atoms. The summed E-state index contributed by atoms with van der Waals surface area (Å²) < 4.78 is 37.6. The zero-order valence-corrected chi connectivity index (χ0v) is 8.41. The van der Waals surface area contributed by atoms with Gasteiger partial charge in [0.1, 0.15) is 0 Å². The lowest BCUT2D eigenvalue weighted by atomic mass is 9.79. The minimum absolute atomic E-state index is 0.554. The van der Waals surface area contributed by atoms with Gasteiger partial charge in [0, 0.05) is 0 Å². The molecule has 0 radical (unpaired) electrons. The molecule has 0 aliphatic rings. The van der Waals surface area contributed by atoms with Crippen molar-refractivity contribution < 1.29 is 12.9 Å². The average molecular weight is 221 g/mol. The molecule has 2 rings (SSSR count). The second kappa shape index (κ2) is 4.04. The van der Waals surface area contributed by atoms with E-state index in [2.05, 4.69) is 0 Å². The van der Waals surface area contributed by atoms with Crippen LogP contribution in [0.4, 0.5) is 12.9 Å². The van der Waals surface area contributed by atoms with E-state index in [4.69, 9.17) is 0 Å². The van der Waals surface area contributed by atoms with E-state index in [1.165, 1.54) is 12.1 Å². The highest BCUT2D eigenvalue weighted by atomic mass is 19.4. The van der Waals surface area contributed by atoms with Crippen molar-refractivity contribution in [1.29, 1.82) is 0 Å². The Morgan fingerprint density at radius 1 is 0.688 bits per heavy atom. The Morgan fingerprint density at radius 2 is 1.31 bits per heavy atom. The van der Waals surface area contributed by atoms with Crippen LogP contribution in [0.3, 0.4) is 0 Å². The summed E-state index contributed by atoms with van der Waals surface area (Å²) in [5, 5.41) is 0. The van der Waals surface area contributed by atoms with Gasteiger partial charge in [0.25, 0.3) is 0 Å². The van der Waals surface area contributed by atoms with Crippen molar-refractivity contribution in [3.05, 3.63) is 54.6 Å².